The number of H-pyrrole nitrogens is 2. The summed E-state index contributed by atoms with van der Waals surface area (Å²) in [7, 11) is 0. The Morgan fingerprint density at radius 1 is 0.786 bits per heavy atom. The minimum Gasteiger partial charge on any atom is -0.279 e. The zero-order valence-corrected chi connectivity index (χ0v) is 16.8. The van der Waals surface area contributed by atoms with Crippen LogP contribution in [0.1, 0.15) is 34.2 Å². The van der Waals surface area contributed by atoms with Crippen LogP contribution in [0.3, 0.4) is 0 Å². The van der Waals surface area contributed by atoms with Gasteiger partial charge in [-0.2, -0.15) is 10.2 Å². The molecule has 4 heterocycles. The number of aromatic nitrogens is 6. The standard InChI is InChI=1S/C18H20N6O2S2/c25-17-21-19-15(11-13-5-3-9-27-13)23(17)7-1-2-8-24-16(20-22-18(24)26)12-14-6-4-10-28-14/h3-6,9-10H,1-2,7-8,11-12H2,(H,21,25)(H,22,26). The molecule has 0 radical (unpaired) electrons. The van der Waals surface area contributed by atoms with E-state index in [1.807, 2.05) is 35.0 Å². The minimum absolute atomic E-state index is 0.189. The molecule has 0 aliphatic heterocycles. The van der Waals surface area contributed by atoms with Crippen LogP contribution < -0.4 is 11.4 Å². The van der Waals surface area contributed by atoms with E-state index in [-0.39, 0.29) is 11.4 Å². The second-order valence-corrected chi connectivity index (χ2v) is 8.48. The third-order valence-corrected chi connectivity index (χ3v) is 6.27. The maximum absolute atomic E-state index is 12.1. The molecule has 0 saturated heterocycles. The van der Waals surface area contributed by atoms with Crippen molar-refractivity contribution < 1.29 is 0 Å². The largest absolute Gasteiger partial charge is 0.343 e. The second-order valence-electron chi connectivity index (χ2n) is 6.41. The van der Waals surface area contributed by atoms with Crippen LogP contribution in [0.4, 0.5) is 0 Å². The van der Waals surface area contributed by atoms with Crippen LogP contribution in [0.25, 0.3) is 0 Å². The fourth-order valence-corrected chi connectivity index (χ4v) is 4.51. The van der Waals surface area contributed by atoms with Gasteiger partial charge in [-0.05, 0) is 35.7 Å². The fraction of sp³-hybridized carbons (Fsp3) is 0.333. The smallest absolute Gasteiger partial charge is 0.279 e. The van der Waals surface area contributed by atoms with E-state index in [1.54, 1.807) is 31.8 Å². The molecule has 0 unspecified atom stereocenters. The Kier molecular flexibility index (Phi) is 5.68. The van der Waals surface area contributed by atoms with E-state index in [9.17, 15) is 9.59 Å². The van der Waals surface area contributed by atoms with E-state index in [0.29, 0.717) is 25.9 Å². The van der Waals surface area contributed by atoms with Gasteiger partial charge < -0.3 is 0 Å². The van der Waals surface area contributed by atoms with Crippen molar-refractivity contribution in [3.8, 4) is 0 Å². The van der Waals surface area contributed by atoms with Gasteiger partial charge >= 0.3 is 11.4 Å². The first-order valence-electron chi connectivity index (χ1n) is 9.03. The number of nitrogens with zero attached hydrogens (tertiary/aromatic N) is 4. The maximum atomic E-state index is 12.1. The normalized spacial score (nSPS) is 11.3. The zero-order valence-electron chi connectivity index (χ0n) is 15.1. The van der Waals surface area contributed by atoms with Gasteiger partial charge in [0.25, 0.3) is 0 Å². The van der Waals surface area contributed by atoms with Gasteiger partial charge in [0.2, 0.25) is 0 Å². The Labute approximate surface area is 168 Å². The van der Waals surface area contributed by atoms with Gasteiger partial charge in [-0.1, -0.05) is 12.1 Å². The molecule has 4 rings (SSSR count). The first kappa shape index (κ1) is 18.6. The Morgan fingerprint density at radius 3 is 1.64 bits per heavy atom. The van der Waals surface area contributed by atoms with Crippen LogP contribution in [0.15, 0.2) is 44.6 Å². The third-order valence-electron chi connectivity index (χ3n) is 4.51. The van der Waals surface area contributed by atoms with Crippen molar-refractivity contribution in [2.45, 2.75) is 38.8 Å². The summed E-state index contributed by atoms with van der Waals surface area (Å²) in [5, 5.41) is 17.4. The van der Waals surface area contributed by atoms with Crippen LogP contribution in [0, 0.1) is 0 Å². The molecular formula is C18H20N6O2S2. The van der Waals surface area contributed by atoms with E-state index in [2.05, 4.69) is 20.4 Å². The summed E-state index contributed by atoms with van der Waals surface area (Å²) in [6.07, 6.45) is 2.82. The summed E-state index contributed by atoms with van der Waals surface area (Å²) in [5.74, 6) is 1.48. The molecule has 0 spiro atoms. The maximum Gasteiger partial charge on any atom is 0.343 e. The Balaban J connectivity index is 1.36. The number of unbranched alkanes of at least 4 members (excludes halogenated alkanes) is 1. The predicted octanol–water partition coefficient (Wildman–Crippen LogP) is 2.24. The molecule has 0 aromatic carbocycles. The molecule has 0 atom stereocenters. The topological polar surface area (TPSA) is 101 Å². The Hall–Kier alpha value is -2.72. The van der Waals surface area contributed by atoms with Gasteiger partial charge in [0.1, 0.15) is 11.6 Å². The van der Waals surface area contributed by atoms with E-state index in [4.69, 9.17) is 0 Å². The molecule has 4 aromatic heterocycles. The minimum atomic E-state index is -0.189. The molecular weight excluding hydrogens is 396 g/mol. The third kappa shape index (κ3) is 4.23. The molecule has 10 heteroatoms. The van der Waals surface area contributed by atoms with Crippen LogP contribution in [-0.2, 0) is 25.9 Å². The lowest BCUT2D eigenvalue weighted by molar-refractivity contribution is 0.522. The lowest BCUT2D eigenvalue weighted by Gasteiger charge is -2.07. The fourth-order valence-electron chi connectivity index (χ4n) is 3.11. The van der Waals surface area contributed by atoms with Gasteiger partial charge in [0, 0.05) is 35.7 Å². The monoisotopic (exact) mass is 416 g/mol. The molecule has 2 N–H and O–H groups in total. The number of hydrogen-bond acceptors (Lipinski definition) is 6. The van der Waals surface area contributed by atoms with Gasteiger partial charge in [0.15, 0.2) is 0 Å². The molecule has 0 aliphatic rings. The van der Waals surface area contributed by atoms with Crippen molar-refractivity contribution >= 4 is 22.7 Å². The number of thiophene rings is 2. The van der Waals surface area contributed by atoms with E-state index in [1.165, 1.54) is 9.75 Å². The van der Waals surface area contributed by atoms with Gasteiger partial charge in [-0.15, -0.1) is 22.7 Å². The first-order chi connectivity index (χ1) is 13.7. The van der Waals surface area contributed by atoms with E-state index < -0.39 is 0 Å². The molecule has 8 nitrogen and oxygen atoms in total. The molecule has 146 valence electrons. The van der Waals surface area contributed by atoms with E-state index in [0.717, 1.165) is 24.5 Å². The van der Waals surface area contributed by atoms with Crippen molar-refractivity contribution in [2.75, 3.05) is 0 Å². The van der Waals surface area contributed by atoms with E-state index >= 15 is 0 Å². The molecule has 0 saturated carbocycles. The number of nitrogens with one attached hydrogen (secondary N) is 2. The highest BCUT2D eigenvalue weighted by atomic mass is 32.1. The average molecular weight is 417 g/mol. The predicted molar refractivity (Wildman–Crippen MR) is 109 cm³/mol. The molecule has 4 aromatic rings. The van der Waals surface area contributed by atoms with Gasteiger partial charge in [-0.3, -0.25) is 9.13 Å². The summed E-state index contributed by atoms with van der Waals surface area (Å²) in [4.78, 5) is 26.5. The van der Waals surface area contributed by atoms with Crippen molar-refractivity contribution in [3.63, 3.8) is 0 Å². The van der Waals surface area contributed by atoms with Crippen LogP contribution in [0.2, 0.25) is 0 Å². The summed E-state index contributed by atoms with van der Waals surface area (Å²) in [5.41, 5.74) is -0.379. The van der Waals surface area contributed by atoms with Crippen LogP contribution in [0.5, 0.6) is 0 Å². The number of aromatic amines is 2. The van der Waals surface area contributed by atoms with Crippen LogP contribution in [-0.4, -0.2) is 29.5 Å². The highest BCUT2D eigenvalue weighted by molar-refractivity contribution is 7.10. The average Bonchev–Trinajstić information content (AvgIpc) is 3.47. The highest BCUT2D eigenvalue weighted by Crippen LogP contribution is 2.14. The SMILES string of the molecule is O=c1[nH]nc(Cc2cccs2)n1CCCCn1c(Cc2cccs2)n[nH]c1=O. The lowest BCUT2D eigenvalue weighted by atomic mass is 10.2. The summed E-state index contributed by atoms with van der Waals surface area (Å²) < 4.78 is 3.37. The lowest BCUT2D eigenvalue weighted by Crippen LogP contribution is -2.21. The molecule has 0 bridgehead atoms. The van der Waals surface area contributed by atoms with Crippen molar-refractivity contribution in [2.24, 2.45) is 0 Å². The Bertz CT molecular complexity index is 1030. The summed E-state index contributed by atoms with van der Waals surface area (Å²) >= 11 is 3.30. The summed E-state index contributed by atoms with van der Waals surface area (Å²) in [6, 6.07) is 8.06. The Morgan fingerprint density at radius 2 is 1.25 bits per heavy atom. The molecule has 28 heavy (non-hydrogen) atoms. The molecule has 0 fully saturated rings. The summed E-state index contributed by atoms with van der Waals surface area (Å²) in [6.45, 7) is 1.14. The van der Waals surface area contributed by atoms with Crippen molar-refractivity contribution in [3.05, 3.63) is 77.4 Å². The molecule has 0 aliphatic carbocycles. The quantitative estimate of drug-likeness (QED) is 0.409. The van der Waals surface area contributed by atoms with Crippen molar-refractivity contribution in [1.82, 2.24) is 29.5 Å². The van der Waals surface area contributed by atoms with Crippen LogP contribution >= 0.6 is 22.7 Å². The zero-order chi connectivity index (χ0) is 19.3. The molecule has 0 amide bonds. The second kappa shape index (κ2) is 8.53. The van der Waals surface area contributed by atoms with Crippen molar-refractivity contribution in [1.29, 1.82) is 0 Å². The van der Waals surface area contributed by atoms with Gasteiger partial charge in [0.05, 0.1) is 0 Å². The highest BCUT2D eigenvalue weighted by Gasteiger charge is 2.11. The number of rotatable bonds is 9. The first-order valence-corrected chi connectivity index (χ1v) is 10.8. The number of hydrogen-bond donors (Lipinski definition) is 2. The van der Waals surface area contributed by atoms with Gasteiger partial charge in [-0.25, -0.2) is 19.8 Å².